The van der Waals surface area contributed by atoms with Gasteiger partial charge in [-0.2, -0.15) is 0 Å². The number of nitrogens with zero attached hydrogens (tertiary/aromatic N) is 1. The van der Waals surface area contributed by atoms with Gasteiger partial charge in [0.2, 0.25) is 0 Å². The molecular weight excluding hydrogens is 264 g/mol. The number of hydrogen-bond acceptors (Lipinski definition) is 4. The minimum absolute atomic E-state index is 0.269. The third-order valence-corrected chi connectivity index (χ3v) is 3.60. The van der Waals surface area contributed by atoms with Gasteiger partial charge in [0.15, 0.2) is 11.5 Å². The van der Waals surface area contributed by atoms with E-state index in [0.717, 1.165) is 24.3 Å². The van der Waals surface area contributed by atoms with E-state index in [1.54, 1.807) is 20.4 Å². The highest BCUT2D eigenvalue weighted by molar-refractivity contribution is 5.43. The molecule has 0 amide bonds. The topological polar surface area (TPSA) is 43.4 Å². The zero-order valence-electron chi connectivity index (χ0n) is 12.8. The van der Waals surface area contributed by atoms with Crippen molar-refractivity contribution in [2.75, 3.05) is 21.3 Å². The molecule has 0 aliphatic heterocycles. The van der Waals surface area contributed by atoms with Crippen molar-refractivity contribution in [2.24, 2.45) is 0 Å². The lowest BCUT2D eigenvalue weighted by Crippen LogP contribution is -2.17. The van der Waals surface area contributed by atoms with Crippen LogP contribution in [0.3, 0.4) is 0 Å². The van der Waals surface area contributed by atoms with Crippen LogP contribution in [0.4, 0.5) is 0 Å². The first kappa shape index (κ1) is 15.3. The molecule has 4 heteroatoms. The summed E-state index contributed by atoms with van der Waals surface area (Å²) in [6.07, 6.45) is 5.69. The Morgan fingerprint density at radius 2 is 1.95 bits per heavy atom. The summed E-state index contributed by atoms with van der Waals surface area (Å²) in [5.74, 6) is 1.51. The van der Waals surface area contributed by atoms with Crippen molar-refractivity contribution < 1.29 is 9.47 Å². The molecule has 0 spiro atoms. The van der Waals surface area contributed by atoms with Crippen LogP contribution in [0.15, 0.2) is 42.7 Å². The molecule has 0 aliphatic carbocycles. The second-order valence-electron chi connectivity index (χ2n) is 4.86. The Bertz CT molecular complexity index is 558. The maximum atomic E-state index is 5.37. The summed E-state index contributed by atoms with van der Waals surface area (Å²) in [7, 11) is 5.28. The molecule has 0 radical (unpaired) electrons. The molecule has 1 aromatic carbocycles. The van der Waals surface area contributed by atoms with Gasteiger partial charge in [0.25, 0.3) is 0 Å². The van der Waals surface area contributed by atoms with Gasteiger partial charge < -0.3 is 14.8 Å². The summed E-state index contributed by atoms with van der Waals surface area (Å²) in [6.45, 7) is 0. The summed E-state index contributed by atoms with van der Waals surface area (Å²) in [5.41, 5.74) is 2.44. The Balaban J connectivity index is 2.10. The number of aromatic nitrogens is 1. The van der Waals surface area contributed by atoms with Crippen molar-refractivity contribution in [3.8, 4) is 11.5 Å². The Hall–Kier alpha value is -2.07. The van der Waals surface area contributed by atoms with E-state index in [1.807, 2.05) is 31.4 Å². The first-order valence-electron chi connectivity index (χ1n) is 7.06. The molecule has 2 aromatic rings. The van der Waals surface area contributed by atoms with Crippen LogP contribution in [0.5, 0.6) is 11.5 Å². The van der Waals surface area contributed by atoms with Gasteiger partial charge in [-0.25, -0.2) is 0 Å². The van der Waals surface area contributed by atoms with Crippen molar-refractivity contribution in [3.05, 3.63) is 53.9 Å². The summed E-state index contributed by atoms with van der Waals surface area (Å²) in [6, 6.07) is 10.4. The second kappa shape index (κ2) is 7.64. The van der Waals surface area contributed by atoms with E-state index < -0.39 is 0 Å². The molecule has 1 heterocycles. The van der Waals surface area contributed by atoms with Gasteiger partial charge >= 0.3 is 0 Å². The van der Waals surface area contributed by atoms with Gasteiger partial charge in [-0.1, -0.05) is 12.1 Å². The van der Waals surface area contributed by atoms with Crippen LogP contribution in [0.1, 0.15) is 23.6 Å². The first-order chi connectivity index (χ1) is 10.3. The fourth-order valence-corrected chi connectivity index (χ4v) is 2.40. The predicted molar refractivity (Wildman–Crippen MR) is 83.9 cm³/mol. The molecule has 1 unspecified atom stereocenters. The van der Waals surface area contributed by atoms with Crippen molar-refractivity contribution in [1.29, 1.82) is 0 Å². The molecule has 2 rings (SSSR count). The van der Waals surface area contributed by atoms with E-state index in [9.17, 15) is 0 Å². The Morgan fingerprint density at radius 1 is 1.14 bits per heavy atom. The number of benzene rings is 1. The Labute approximate surface area is 126 Å². The Morgan fingerprint density at radius 3 is 2.57 bits per heavy atom. The highest BCUT2D eigenvalue weighted by atomic mass is 16.5. The normalized spacial score (nSPS) is 12.0. The average Bonchev–Trinajstić information content (AvgIpc) is 2.56. The van der Waals surface area contributed by atoms with Crippen LogP contribution < -0.4 is 14.8 Å². The van der Waals surface area contributed by atoms with E-state index in [0.29, 0.717) is 0 Å². The number of ether oxygens (including phenoxy) is 2. The average molecular weight is 286 g/mol. The zero-order chi connectivity index (χ0) is 15.1. The third-order valence-electron chi connectivity index (χ3n) is 3.60. The molecule has 1 N–H and O–H groups in total. The van der Waals surface area contributed by atoms with E-state index >= 15 is 0 Å². The number of rotatable bonds is 7. The van der Waals surface area contributed by atoms with E-state index in [4.69, 9.17) is 9.47 Å². The van der Waals surface area contributed by atoms with Crippen molar-refractivity contribution >= 4 is 0 Å². The van der Waals surface area contributed by atoms with Crippen LogP contribution in [-0.4, -0.2) is 26.3 Å². The maximum absolute atomic E-state index is 5.37. The van der Waals surface area contributed by atoms with E-state index in [-0.39, 0.29) is 6.04 Å². The summed E-state index contributed by atoms with van der Waals surface area (Å²) < 4.78 is 10.7. The first-order valence-corrected chi connectivity index (χ1v) is 7.06. The van der Waals surface area contributed by atoms with Crippen molar-refractivity contribution in [2.45, 2.75) is 18.9 Å². The van der Waals surface area contributed by atoms with Crippen LogP contribution in [0, 0.1) is 0 Å². The molecular formula is C17H22N2O2. The molecule has 0 saturated carbocycles. The number of methoxy groups -OCH3 is 2. The number of aryl methyl sites for hydroxylation is 1. The smallest absolute Gasteiger partial charge is 0.161 e. The van der Waals surface area contributed by atoms with Crippen LogP contribution >= 0.6 is 0 Å². The second-order valence-corrected chi connectivity index (χ2v) is 4.86. The van der Waals surface area contributed by atoms with Gasteiger partial charge in [0, 0.05) is 18.4 Å². The number of nitrogens with one attached hydrogen (secondary N) is 1. The lowest BCUT2D eigenvalue weighted by molar-refractivity contribution is 0.353. The molecule has 112 valence electrons. The third kappa shape index (κ3) is 3.95. The van der Waals surface area contributed by atoms with Gasteiger partial charge in [-0.05, 0) is 49.2 Å². The fourth-order valence-electron chi connectivity index (χ4n) is 2.40. The van der Waals surface area contributed by atoms with Gasteiger partial charge in [-0.15, -0.1) is 0 Å². The molecule has 0 aliphatic rings. The van der Waals surface area contributed by atoms with Crippen molar-refractivity contribution in [1.82, 2.24) is 10.3 Å². The highest BCUT2D eigenvalue weighted by Gasteiger charge is 2.12. The zero-order valence-corrected chi connectivity index (χ0v) is 12.8. The lowest BCUT2D eigenvalue weighted by Gasteiger charge is -2.18. The summed E-state index contributed by atoms with van der Waals surface area (Å²) >= 11 is 0. The van der Waals surface area contributed by atoms with Crippen LogP contribution in [0.25, 0.3) is 0 Å². The quantitative estimate of drug-likeness (QED) is 0.849. The highest BCUT2D eigenvalue weighted by Crippen LogP contribution is 2.31. The van der Waals surface area contributed by atoms with Crippen molar-refractivity contribution in [3.63, 3.8) is 0 Å². The predicted octanol–water partition coefficient (Wildman–Crippen LogP) is 2.99. The van der Waals surface area contributed by atoms with E-state index in [2.05, 4.69) is 22.4 Å². The van der Waals surface area contributed by atoms with Gasteiger partial charge in [-0.3, -0.25) is 4.98 Å². The molecule has 0 fully saturated rings. The lowest BCUT2D eigenvalue weighted by atomic mass is 9.99. The van der Waals surface area contributed by atoms with Crippen LogP contribution in [-0.2, 0) is 6.42 Å². The SMILES string of the molecule is CNC(CCc1cccnc1)c1ccc(OC)c(OC)c1. The van der Waals surface area contributed by atoms with Gasteiger partial charge in [0.1, 0.15) is 0 Å². The maximum Gasteiger partial charge on any atom is 0.161 e. The van der Waals surface area contributed by atoms with E-state index in [1.165, 1.54) is 11.1 Å². The number of pyridine rings is 1. The molecule has 4 nitrogen and oxygen atoms in total. The summed E-state index contributed by atoms with van der Waals surface area (Å²) in [4.78, 5) is 4.15. The minimum Gasteiger partial charge on any atom is -0.493 e. The molecule has 0 saturated heterocycles. The van der Waals surface area contributed by atoms with Gasteiger partial charge in [0.05, 0.1) is 14.2 Å². The molecule has 21 heavy (non-hydrogen) atoms. The largest absolute Gasteiger partial charge is 0.493 e. The molecule has 1 atom stereocenters. The van der Waals surface area contributed by atoms with Crippen LogP contribution in [0.2, 0.25) is 0 Å². The number of hydrogen-bond donors (Lipinski definition) is 1. The molecule has 0 bridgehead atoms. The Kier molecular flexibility index (Phi) is 5.58. The fraction of sp³-hybridized carbons (Fsp3) is 0.353. The summed E-state index contributed by atoms with van der Waals surface area (Å²) in [5, 5.41) is 3.36. The standard InChI is InChI=1S/C17H22N2O2/c1-18-15(8-6-13-5-4-10-19-12-13)14-7-9-16(20-2)17(11-14)21-3/h4-5,7,9-12,15,18H,6,8H2,1-3H3. The minimum atomic E-state index is 0.269. The molecule has 1 aromatic heterocycles. The monoisotopic (exact) mass is 286 g/mol.